The van der Waals surface area contributed by atoms with Crippen LogP contribution >= 0.6 is 0 Å². The van der Waals surface area contributed by atoms with E-state index >= 15 is 0 Å². The number of anilines is 2. The maximum Gasteiger partial charge on any atom is 0.413 e. The van der Waals surface area contributed by atoms with Crippen LogP contribution < -0.4 is 16.0 Å². The lowest BCUT2D eigenvalue weighted by Crippen LogP contribution is -2.63. The van der Waals surface area contributed by atoms with Gasteiger partial charge in [-0.25, -0.2) is 4.79 Å². The number of aromatic hydroxyl groups is 1. The molecule has 0 spiro atoms. The molecule has 0 aliphatic heterocycles. The minimum absolute atomic E-state index is 0.0414. The van der Waals surface area contributed by atoms with Gasteiger partial charge in [0.2, 0.25) is 18.5 Å². The number of carbonyl (C=O) groups excluding carboxylic acids is 6. The summed E-state index contributed by atoms with van der Waals surface area (Å²) in [6, 6.07) is 0.315. The highest BCUT2D eigenvalue weighted by Crippen LogP contribution is 2.54. The van der Waals surface area contributed by atoms with E-state index in [0.29, 0.717) is 17.7 Å². The summed E-state index contributed by atoms with van der Waals surface area (Å²) in [5.74, 6) is -9.31. The van der Waals surface area contributed by atoms with Gasteiger partial charge in [-0.2, -0.15) is 0 Å². The third-order valence-electron chi connectivity index (χ3n) is 9.53. The molecular formula is C35H47N5O12. The first-order valence-electron chi connectivity index (χ1n) is 16.7. The Bertz CT molecular complexity index is 1780. The molecule has 1 aromatic carbocycles. The average Bonchev–Trinajstić information content (AvgIpc) is 3.02. The Morgan fingerprint density at radius 2 is 1.69 bits per heavy atom. The Morgan fingerprint density at radius 3 is 2.23 bits per heavy atom. The number of phenolic OH excluding ortho intramolecular Hbond substituents is 1. The van der Waals surface area contributed by atoms with Gasteiger partial charge in [-0.1, -0.05) is 6.92 Å². The molecule has 3 aliphatic carbocycles. The van der Waals surface area contributed by atoms with Crippen molar-refractivity contribution >= 4 is 46.8 Å². The molecule has 0 saturated carbocycles. The van der Waals surface area contributed by atoms with Crippen LogP contribution in [0.4, 0.5) is 16.2 Å². The lowest BCUT2D eigenvalue weighted by atomic mass is 9.58. The lowest BCUT2D eigenvalue weighted by molar-refractivity contribution is -0.162. The second kappa shape index (κ2) is 14.5. The molecule has 0 aromatic heterocycles. The largest absolute Gasteiger partial charge is 0.510 e. The number of hydrogen-bond donors (Lipinski definition) is 6. The number of nitrogens with two attached hydrogens (primary N) is 1. The van der Waals surface area contributed by atoms with Crippen LogP contribution in [-0.4, -0.2) is 125 Å². The first-order chi connectivity index (χ1) is 24.1. The second-order valence-electron chi connectivity index (χ2n) is 14.7. The standard InChI is InChI=1S/C35H47N5O12/c1-9-10-40(33(49)52-15-51-32(48)34(2,3)4)14-21(41)37-19-13-20(38(5)6)17-11-16-12-18-25(39(7)8)28(44)24(31(36)47)30(46)35(18,50)29(45)22(16)27(43)23(17)26(19)42/h13,16,18,25,42,44-45,50H,9-12,14-15H2,1-8H3,(H2,36,47)(H,37,41)/t16-,18-,25-,35-/m0/s1. The normalized spacial score (nSPS) is 22.7. The van der Waals surface area contributed by atoms with Crippen LogP contribution in [-0.2, 0) is 35.1 Å². The molecule has 7 N–H and O–H groups in total. The zero-order chi connectivity index (χ0) is 39.2. The molecular weight excluding hydrogens is 682 g/mol. The summed E-state index contributed by atoms with van der Waals surface area (Å²) in [7, 11) is 6.43. The third-order valence-corrected chi connectivity index (χ3v) is 9.53. The van der Waals surface area contributed by atoms with Gasteiger partial charge in [0.05, 0.1) is 22.7 Å². The van der Waals surface area contributed by atoms with Gasteiger partial charge in [0.15, 0.2) is 17.1 Å². The van der Waals surface area contributed by atoms with E-state index in [-0.39, 0.29) is 36.2 Å². The molecule has 4 atom stereocenters. The number of aliphatic hydroxyl groups excluding tert-OH is 2. The highest BCUT2D eigenvalue weighted by Gasteiger charge is 2.63. The molecule has 4 rings (SSSR count). The number of benzene rings is 1. The number of rotatable bonds is 10. The summed E-state index contributed by atoms with van der Waals surface area (Å²) < 4.78 is 10.0. The van der Waals surface area contributed by atoms with E-state index in [2.05, 4.69) is 5.32 Å². The number of ketones is 2. The van der Waals surface area contributed by atoms with Crippen LogP contribution in [0.5, 0.6) is 5.75 Å². The number of phenols is 1. The number of Topliss-reactive ketones (excluding diaryl/α,β-unsaturated/α-hetero) is 2. The average molecular weight is 730 g/mol. The predicted octanol–water partition coefficient (Wildman–Crippen LogP) is 1.52. The van der Waals surface area contributed by atoms with E-state index in [1.54, 1.807) is 60.8 Å². The maximum absolute atomic E-state index is 14.3. The van der Waals surface area contributed by atoms with Crippen molar-refractivity contribution < 1.29 is 58.7 Å². The molecule has 3 aliphatic rings. The van der Waals surface area contributed by atoms with E-state index in [9.17, 15) is 49.2 Å². The minimum atomic E-state index is -2.81. The summed E-state index contributed by atoms with van der Waals surface area (Å²) in [6.45, 7) is 5.54. The Hall–Kier alpha value is -5.16. The number of primary amides is 1. The van der Waals surface area contributed by atoms with Gasteiger partial charge in [0.1, 0.15) is 23.6 Å². The van der Waals surface area contributed by atoms with Crippen molar-refractivity contribution in [3.05, 3.63) is 39.9 Å². The van der Waals surface area contributed by atoms with Crippen molar-refractivity contribution in [3.63, 3.8) is 0 Å². The highest BCUT2D eigenvalue weighted by molar-refractivity contribution is 6.25. The van der Waals surface area contributed by atoms with Gasteiger partial charge in [-0.05, 0) is 71.7 Å². The zero-order valence-electron chi connectivity index (χ0n) is 30.5. The number of amides is 3. The van der Waals surface area contributed by atoms with Gasteiger partial charge in [-0.15, -0.1) is 0 Å². The molecule has 1 aromatic rings. The van der Waals surface area contributed by atoms with Crippen LogP contribution in [0.15, 0.2) is 28.7 Å². The summed E-state index contributed by atoms with van der Waals surface area (Å²) >= 11 is 0. The molecule has 0 saturated heterocycles. The zero-order valence-corrected chi connectivity index (χ0v) is 30.5. The van der Waals surface area contributed by atoms with Crippen LogP contribution in [0.1, 0.15) is 56.5 Å². The summed E-state index contributed by atoms with van der Waals surface area (Å²) in [6.07, 6.45) is -0.540. The minimum Gasteiger partial charge on any atom is -0.510 e. The van der Waals surface area contributed by atoms with Crippen molar-refractivity contribution in [3.8, 4) is 5.75 Å². The monoisotopic (exact) mass is 729 g/mol. The first kappa shape index (κ1) is 39.6. The van der Waals surface area contributed by atoms with Gasteiger partial charge in [-0.3, -0.25) is 33.8 Å². The van der Waals surface area contributed by atoms with Crippen molar-refractivity contribution in [2.24, 2.45) is 23.0 Å². The van der Waals surface area contributed by atoms with Crippen LogP contribution in [0.3, 0.4) is 0 Å². The third kappa shape index (κ3) is 6.89. The SMILES string of the molecule is CCCN(CC(=O)Nc1cc(N(C)C)c2c(c1O)C(=O)C1=C(O)[C@]3(O)C(=O)C(C(N)=O)=C(O)[C@@H](N(C)C)[C@@H]3C[C@@H]1C2)C(=O)OCOC(=O)C(C)(C)C. The number of aliphatic hydroxyl groups is 3. The summed E-state index contributed by atoms with van der Waals surface area (Å²) in [5.41, 5.74) is 0.773. The fourth-order valence-corrected chi connectivity index (χ4v) is 7.10. The molecule has 3 amide bonds. The van der Waals surface area contributed by atoms with Gasteiger partial charge >= 0.3 is 12.1 Å². The molecule has 0 radical (unpaired) electrons. The molecule has 17 heteroatoms. The predicted molar refractivity (Wildman–Crippen MR) is 185 cm³/mol. The van der Waals surface area contributed by atoms with Crippen LogP contribution in [0.25, 0.3) is 0 Å². The Balaban J connectivity index is 1.70. The van der Waals surface area contributed by atoms with E-state index in [1.165, 1.54) is 11.0 Å². The van der Waals surface area contributed by atoms with E-state index in [1.807, 2.05) is 0 Å². The quantitative estimate of drug-likeness (QED) is 0.0865. The number of hydrogen-bond acceptors (Lipinski definition) is 14. The number of likely N-dealkylation sites (N-methyl/N-ethyl adjacent to an activating group) is 1. The molecule has 52 heavy (non-hydrogen) atoms. The molecule has 0 bridgehead atoms. The smallest absolute Gasteiger partial charge is 0.413 e. The number of esters is 1. The first-order valence-corrected chi connectivity index (χ1v) is 16.7. The summed E-state index contributed by atoms with van der Waals surface area (Å²) in [5, 5.41) is 48.4. The molecule has 0 heterocycles. The van der Waals surface area contributed by atoms with Crippen molar-refractivity contribution in [2.45, 2.75) is 58.6 Å². The molecule has 17 nitrogen and oxygen atoms in total. The van der Waals surface area contributed by atoms with E-state index in [0.717, 1.165) is 4.90 Å². The topological polar surface area (TPSA) is 250 Å². The fraction of sp³-hybridized carbons (Fsp3) is 0.543. The number of fused-ring (bicyclic) bond motifs is 3. The van der Waals surface area contributed by atoms with E-state index < -0.39 is 101 Å². The number of ether oxygens (including phenoxy) is 2. The second-order valence-corrected chi connectivity index (χ2v) is 14.7. The van der Waals surface area contributed by atoms with Crippen molar-refractivity contribution in [2.75, 3.05) is 58.3 Å². The highest BCUT2D eigenvalue weighted by atomic mass is 16.7. The van der Waals surface area contributed by atoms with Gasteiger partial charge < -0.3 is 45.9 Å². The van der Waals surface area contributed by atoms with E-state index in [4.69, 9.17) is 15.2 Å². The molecule has 0 unspecified atom stereocenters. The summed E-state index contributed by atoms with van der Waals surface area (Å²) in [4.78, 5) is 82.3. The fourth-order valence-electron chi connectivity index (χ4n) is 7.10. The van der Waals surface area contributed by atoms with Crippen molar-refractivity contribution in [1.82, 2.24) is 9.80 Å². The van der Waals surface area contributed by atoms with Crippen LogP contribution in [0.2, 0.25) is 0 Å². The number of nitrogens with one attached hydrogen (secondary N) is 1. The number of allylic oxidation sites excluding steroid dienone is 1. The Morgan fingerprint density at radius 1 is 1.06 bits per heavy atom. The number of nitrogens with zero attached hydrogens (tertiary/aromatic N) is 3. The number of carbonyl (C=O) groups is 6. The molecule has 0 fully saturated rings. The Labute approximate surface area is 300 Å². The van der Waals surface area contributed by atoms with Crippen LogP contribution in [0, 0.1) is 17.3 Å². The Kier molecular flexibility index (Phi) is 11.0. The maximum atomic E-state index is 14.3. The lowest BCUT2D eigenvalue weighted by Gasteiger charge is -2.50. The van der Waals surface area contributed by atoms with Gasteiger partial charge in [0.25, 0.3) is 5.91 Å². The molecule has 284 valence electrons. The van der Waals surface area contributed by atoms with Gasteiger partial charge in [0, 0.05) is 37.8 Å². The van der Waals surface area contributed by atoms with Crippen molar-refractivity contribution in [1.29, 1.82) is 0 Å².